The normalized spacial score (nSPS) is 10.8. The minimum Gasteiger partial charge on any atom is -0.422 e. The molecule has 0 bridgehead atoms. The first kappa shape index (κ1) is 18.6. The Morgan fingerprint density at radius 2 is 1.93 bits per heavy atom. The number of fused-ring (bicyclic) bond motifs is 1. The number of aromatic nitrogens is 2. The summed E-state index contributed by atoms with van der Waals surface area (Å²) < 4.78 is 19.4. The molecule has 4 aromatic rings. The third-order valence-electron chi connectivity index (χ3n) is 4.19. The fourth-order valence-electron chi connectivity index (χ4n) is 2.83. The minimum absolute atomic E-state index is 0.0287. The number of carbonyl (C=O) groups is 1. The van der Waals surface area contributed by atoms with Crippen LogP contribution in [0.15, 0.2) is 60.7 Å². The van der Waals surface area contributed by atoms with Crippen molar-refractivity contribution in [3.8, 4) is 17.1 Å². The van der Waals surface area contributed by atoms with E-state index in [1.165, 1.54) is 30.3 Å². The first-order valence-corrected chi connectivity index (χ1v) is 8.71. The Hall–Kier alpha value is -3.78. The highest BCUT2D eigenvalue weighted by Crippen LogP contribution is 2.34. The molecule has 0 spiro atoms. The van der Waals surface area contributed by atoms with Gasteiger partial charge < -0.3 is 9.72 Å². The summed E-state index contributed by atoms with van der Waals surface area (Å²) in [5.74, 6) is -1.63. The Morgan fingerprint density at radius 1 is 1.14 bits per heavy atom. The lowest BCUT2D eigenvalue weighted by molar-refractivity contribution is -0.384. The highest BCUT2D eigenvalue weighted by molar-refractivity contribution is 6.33. The molecule has 1 N–H and O–H groups in total. The Labute approximate surface area is 167 Å². The number of imidazole rings is 1. The van der Waals surface area contributed by atoms with Crippen LogP contribution < -0.4 is 4.74 Å². The molecular weight excluding hydrogens is 401 g/mol. The van der Waals surface area contributed by atoms with Gasteiger partial charge in [0.05, 0.1) is 26.5 Å². The molecule has 144 valence electrons. The van der Waals surface area contributed by atoms with Crippen LogP contribution in [0.5, 0.6) is 5.75 Å². The van der Waals surface area contributed by atoms with Gasteiger partial charge in [-0.05, 0) is 30.3 Å². The standard InChI is InChI=1S/C20H11ClFN3O4/c21-13-4-3-5-14(22)18(13)20(26)29-17-9-8-11(25(27)28)10-12(17)19-23-15-6-1-2-7-16(15)24-19/h1-10H,(H,23,24). The molecule has 0 aliphatic carbocycles. The summed E-state index contributed by atoms with van der Waals surface area (Å²) in [7, 11) is 0. The lowest BCUT2D eigenvalue weighted by Crippen LogP contribution is -2.12. The van der Waals surface area contributed by atoms with Crippen LogP contribution in [0.1, 0.15) is 10.4 Å². The SMILES string of the molecule is O=C(Oc1ccc([N+](=O)[O-])cc1-c1nc2ccccc2[nH]1)c1c(F)cccc1Cl. The van der Waals surface area contributed by atoms with Gasteiger partial charge in [-0.25, -0.2) is 14.2 Å². The molecule has 0 fully saturated rings. The number of halogens is 2. The molecule has 3 aromatic carbocycles. The maximum absolute atomic E-state index is 14.0. The van der Waals surface area contributed by atoms with Gasteiger partial charge in [0.1, 0.15) is 23.0 Å². The number of para-hydroxylation sites is 2. The number of esters is 1. The third-order valence-corrected chi connectivity index (χ3v) is 4.50. The highest BCUT2D eigenvalue weighted by Gasteiger charge is 2.22. The Bertz CT molecular complexity index is 1220. The van der Waals surface area contributed by atoms with E-state index in [4.69, 9.17) is 16.3 Å². The van der Waals surface area contributed by atoms with E-state index >= 15 is 0 Å². The second-order valence-corrected chi connectivity index (χ2v) is 6.43. The molecule has 0 aliphatic heterocycles. The van der Waals surface area contributed by atoms with Gasteiger partial charge in [0.2, 0.25) is 0 Å². The summed E-state index contributed by atoms with van der Waals surface area (Å²) in [5, 5.41) is 11.1. The van der Waals surface area contributed by atoms with Crippen LogP contribution in [-0.4, -0.2) is 20.9 Å². The number of rotatable bonds is 4. The number of nitrogens with one attached hydrogen (secondary N) is 1. The smallest absolute Gasteiger partial charge is 0.348 e. The van der Waals surface area contributed by atoms with Crippen molar-refractivity contribution in [1.29, 1.82) is 0 Å². The number of non-ortho nitro benzene ring substituents is 1. The highest BCUT2D eigenvalue weighted by atomic mass is 35.5. The number of nitro benzene ring substituents is 1. The lowest BCUT2D eigenvalue weighted by Gasteiger charge is -2.10. The molecule has 0 saturated heterocycles. The van der Waals surface area contributed by atoms with Gasteiger partial charge in [-0.15, -0.1) is 0 Å². The second kappa shape index (κ2) is 7.33. The van der Waals surface area contributed by atoms with Crippen molar-refractivity contribution >= 4 is 34.3 Å². The van der Waals surface area contributed by atoms with Gasteiger partial charge in [-0.3, -0.25) is 10.1 Å². The average Bonchev–Trinajstić information content (AvgIpc) is 3.12. The number of benzene rings is 3. The fraction of sp³-hybridized carbons (Fsp3) is 0. The molecule has 0 atom stereocenters. The van der Waals surface area contributed by atoms with Crippen LogP contribution in [0.3, 0.4) is 0 Å². The van der Waals surface area contributed by atoms with Gasteiger partial charge in [0, 0.05) is 12.1 Å². The number of ether oxygens (including phenoxy) is 1. The van der Waals surface area contributed by atoms with E-state index in [0.717, 1.165) is 6.07 Å². The van der Waals surface area contributed by atoms with Crippen LogP contribution in [0.25, 0.3) is 22.4 Å². The Morgan fingerprint density at radius 3 is 2.66 bits per heavy atom. The second-order valence-electron chi connectivity index (χ2n) is 6.03. The van der Waals surface area contributed by atoms with Crippen molar-refractivity contribution in [2.45, 2.75) is 0 Å². The van der Waals surface area contributed by atoms with Crippen molar-refractivity contribution in [2.24, 2.45) is 0 Å². The summed E-state index contributed by atoms with van der Waals surface area (Å²) in [6.07, 6.45) is 0. The first-order chi connectivity index (χ1) is 13.9. The quantitative estimate of drug-likeness (QED) is 0.217. The summed E-state index contributed by atoms with van der Waals surface area (Å²) >= 11 is 5.92. The third kappa shape index (κ3) is 3.53. The average molecular weight is 412 g/mol. The van der Waals surface area contributed by atoms with Crippen LogP contribution in [-0.2, 0) is 0 Å². The van der Waals surface area contributed by atoms with Gasteiger partial charge in [-0.1, -0.05) is 29.8 Å². The fourth-order valence-corrected chi connectivity index (χ4v) is 3.07. The summed E-state index contributed by atoms with van der Waals surface area (Å²) in [6, 6.07) is 14.6. The lowest BCUT2D eigenvalue weighted by atomic mass is 10.1. The van der Waals surface area contributed by atoms with E-state index < -0.39 is 22.3 Å². The van der Waals surface area contributed by atoms with E-state index in [9.17, 15) is 19.3 Å². The predicted octanol–water partition coefficient (Wildman–Crippen LogP) is 5.15. The number of nitrogens with zero attached hydrogens (tertiary/aromatic N) is 2. The van der Waals surface area contributed by atoms with E-state index in [-0.39, 0.29) is 27.8 Å². The van der Waals surface area contributed by atoms with Crippen molar-refractivity contribution in [3.63, 3.8) is 0 Å². The molecule has 0 amide bonds. The summed E-state index contributed by atoms with van der Waals surface area (Å²) in [6.45, 7) is 0. The number of hydrogen-bond acceptors (Lipinski definition) is 5. The predicted molar refractivity (Wildman–Crippen MR) is 105 cm³/mol. The van der Waals surface area contributed by atoms with Crippen molar-refractivity contribution in [3.05, 3.63) is 87.2 Å². The Kier molecular flexibility index (Phi) is 4.69. The summed E-state index contributed by atoms with van der Waals surface area (Å²) in [4.78, 5) is 30.6. The van der Waals surface area contributed by atoms with Crippen molar-refractivity contribution in [2.75, 3.05) is 0 Å². The van der Waals surface area contributed by atoms with Gasteiger partial charge >= 0.3 is 5.97 Å². The minimum atomic E-state index is -1.03. The molecule has 0 aliphatic rings. The van der Waals surface area contributed by atoms with E-state index in [1.807, 2.05) is 0 Å². The van der Waals surface area contributed by atoms with Crippen LogP contribution >= 0.6 is 11.6 Å². The zero-order chi connectivity index (χ0) is 20.5. The number of aromatic amines is 1. The number of H-pyrrole nitrogens is 1. The number of carbonyl (C=O) groups excluding carboxylic acids is 1. The maximum atomic E-state index is 14.0. The zero-order valence-electron chi connectivity index (χ0n) is 14.6. The summed E-state index contributed by atoms with van der Waals surface area (Å²) in [5.41, 5.74) is 0.857. The van der Waals surface area contributed by atoms with Gasteiger partial charge in [-0.2, -0.15) is 0 Å². The van der Waals surface area contributed by atoms with E-state index in [1.54, 1.807) is 24.3 Å². The number of hydrogen-bond donors (Lipinski definition) is 1. The molecular formula is C20H11ClFN3O4. The van der Waals surface area contributed by atoms with Crippen LogP contribution in [0.4, 0.5) is 10.1 Å². The zero-order valence-corrected chi connectivity index (χ0v) is 15.3. The molecule has 1 aromatic heterocycles. The van der Waals surface area contributed by atoms with E-state index in [0.29, 0.717) is 11.0 Å². The molecule has 0 radical (unpaired) electrons. The topological polar surface area (TPSA) is 98.1 Å². The van der Waals surface area contributed by atoms with E-state index in [2.05, 4.69) is 9.97 Å². The molecule has 1 heterocycles. The molecule has 4 rings (SSSR count). The maximum Gasteiger partial charge on any atom is 0.348 e. The molecule has 0 unspecified atom stereocenters. The Balaban J connectivity index is 1.81. The molecule has 7 nitrogen and oxygen atoms in total. The first-order valence-electron chi connectivity index (χ1n) is 8.34. The van der Waals surface area contributed by atoms with Crippen LogP contribution in [0, 0.1) is 15.9 Å². The van der Waals surface area contributed by atoms with Crippen molar-refractivity contribution in [1.82, 2.24) is 9.97 Å². The molecule has 0 saturated carbocycles. The van der Waals surface area contributed by atoms with Crippen molar-refractivity contribution < 1.29 is 18.8 Å². The van der Waals surface area contributed by atoms with Gasteiger partial charge in [0.25, 0.3) is 5.69 Å². The van der Waals surface area contributed by atoms with Crippen LogP contribution in [0.2, 0.25) is 5.02 Å². The number of nitro groups is 1. The molecule has 29 heavy (non-hydrogen) atoms. The largest absolute Gasteiger partial charge is 0.422 e. The molecule has 9 heteroatoms. The van der Waals surface area contributed by atoms with Gasteiger partial charge in [0.15, 0.2) is 0 Å². The monoisotopic (exact) mass is 411 g/mol.